The maximum Gasteiger partial charge on any atom is 0.0195 e. The van der Waals surface area contributed by atoms with Gasteiger partial charge in [0.1, 0.15) is 0 Å². The van der Waals surface area contributed by atoms with Crippen LogP contribution in [0.15, 0.2) is 0 Å². The van der Waals surface area contributed by atoms with Crippen LogP contribution >= 0.6 is 0 Å². The number of hydrogen-bond acceptors (Lipinski definition) is 2. The van der Waals surface area contributed by atoms with E-state index in [0.29, 0.717) is 0 Å². The van der Waals surface area contributed by atoms with E-state index >= 15 is 0 Å². The van der Waals surface area contributed by atoms with Gasteiger partial charge in [-0.05, 0) is 44.1 Å². The Kier molecular flexibility index (Phi) is 4.04. The normalized spacial score (nSPS) is 42.0. The Balaban J connectivity index is 1.79. The third-order valence-electron chi connectivity index (χ3n) is 4.50. The van der Waals surface area contributed by atoms with Crippen LogP contribution < -0.4 is 10.6 Å². The van der Waals surface area contributed by atoms with Crippen molar-refractivity contribution in [1.29, 1.82) is 0 Å². The van der Waals surface area contributed by atoms with Gasteiger partial charge in [0, 0.05) is 18.6 Å². The lowest BCUT2D eigenvalue weighted by Gasteiger charge is -2.30. The van der Waals surface area contributed by atoms with Gasteiger partial charge in [-0.1, -0.05) is 20.3 Å². The Bertz CT molecular complexity index is 187. The fourth-order valence-corrected chi connectivity index (χ4v) is 3.36. The molecule has 4 unspecified atom stereocenters. The van der Waals surface area contributed by atoms with Crippen LogP contribution in [0.1, 0.15) is 46.0 Å². The van der Waals surface area contributed by atoms with Crippen LogP contribution in [0.25, 0.3) is 0 Å². The van der Waals surface area contributed by atoms with Crippen molar-refractivity contribution in [2.75, 3.05) is 13.1 Å². The Morgan fingerprint density at radius 3 is 2.73 bits per heavy atom. The van der Waals surface area contributed by atoms with Gasteiger partial charge in [0.05, 0.1) is 0 Å². The lowest BCUT2D eigenvalue weighted by atomic mass is 9.93. The van der Waals surface area contributed by atoms with E-state index in [2.05, 4.69) is 24.5 Å². The number of nitrogens with one attached hydrogen (secondary N) is 2. The molecule has 0 aromatic heterocycles. The molecule has 2 fully saturated rings. The lowest BCUT2D eigenvalue weighted by molar-refractivity contribution is 0.292. The van der Waals surface area contributed by atoms with E-state index in [-0.39, 0.29) is 0 Å². The SMILES string of the molecule is CCC1CCC(NC2CCCNC2)C1C. The highest BCUT2D eigenvalue weighted by Crippen LogP contribution is 2.34. The van der Waals surface area contributed by atoms with Crippen LogP contribution in [-0.4, -0.2) is 25.2 Å². The van der Waals surface area contributed by atoms with Crippen molar-refractivity contribution >= 4 is 0 Å². The highest BCUT2D eigenvalue weighted by atomic mass is 15.0. The van der Waals surface area contributed by atoms with E-state index < -0.39 is 0 Å². The Labute approximate surface area is 94.2 Å². The highest BCUT2D eigenvalue weighted by Gasteiger charge is 2.32. The Morgan fingerprint density at radius 1 is 1.27 bits per heavy atom. The van der Waals surface area contributed by atoms with E-state index in [1.165, 1.54) is 45.2 Å². The van der Waals surface area contributed by atoms with Crippen molar-refractivity contribution in [1.82, 2.24) is 10.6 Å². The molecule has 0 amide bonds. The largest absolute Gasteiger partial charge is 0.315 e. The minimum Gasteiger partial charge on any atom is -0.315 e. The molecule has 1 saturated carbocycles. The summed E-state index contributed by atoms with van der Waals surface area (Å²) in [6, 6.07) is 1.53. The van der Waals surface area contributed by atoms with E-state index in [1.54, 1.807) is 0 Å². The van der Waals surface area contributed by atoms with Crippen molar-refractivity contribution in [2.45, 2.75) is 58.0 Å². The van der Waals surface area contributed by atoms with Gasteiger partial charge in [-0.15, -0.1) is 0 Å². The molecule has 0 bridgehead atoms. The minimum absolute atomic E-state index is 0.738. The molecule has 0 aromatic rings. The molecule has 2 aliphatic rings. The standard InChI is InChI=1S/C13H26N2/c1-3-11-6-7-13(10(11)2)15-12-5-4-8-14-9-12/h10-15H,3-9H2,1-2H3. The van der Waals surface area contributed by atoms with Gasteiger partial charge in [0.25, 0.3) is 0 Å². The van der Waals surface area contributed by atoms with Gasteiger partial charge >= 0.3 is 0 Å². The molecule has 15 heavy (non-hydrogen) atoms. The third-order valence-corrected chi connectivity index (χ3v) is 4.50. The van der Waals surface area contributed by atoms with Crippen LogP contribution in [0.3, 0.4) is 0 Å². The fourth-order valence-electron chi connectivity index (χ4n) is 3.36. The second-order valence-electron chi connectivity index (χ2n) is 5.42. The molecule has 1 aliphatic heterocycles. The summed E-state index contributed by atoms with van der Waals surface area (Å²) in [4.78, 5) is 0. The maximum atomic E-state index is 3.87. The molecule has 2 rings (SSSR count). The molecule has 2 N–H and O–H groups in total. The summed E-state index contributed by atoms with van der Waals surface area (Å²) in [6.07, 6.45) is 6.91. The summed E-state index contributed by atoms with van der Waals surface area (Å²) in [6.45, 7) is 7.18. The zero-order chi connectivity index (χ0) is 10.7. The summed E-state index contributed by atoms with van der Waals surface area (Å²) in [5.74, 6) is 1.86. The van der Waals surface area contributed by atoms with Crippen LogP contribution in [0.4, 0.5) is 0 Å². The summed E-state index contributed by atoms with van der Waals surface area (Å²) >= 11 is 0. The molecule has 1 aliphatic carbocycles. The van der Waals surface area contributed by atoms with Crippen LogP contribution in [0.5, 0.6) is 0 Å². The van der Waals surface area contributed by atoms with Gasteiger partial charge in [-0.25, -0.2) is 0 Å². The number of rotatable bonds is 3. The van der Waals surface area contributed by atoms with Crippen molar-refractivity contribution in [2.24, 2.45) is 11.8 Å². The smallest absolute Gasteiger partial charge is 0.0195 e. The van der Waals surface area contributed by atoms with Crippen molar-refractivity contribution in [3.8, 4) is 0 Å². The van der Waals surface area contributed by atoms with Crippen LogP contribution in [0, 0.1) is 11.8 Å². The topological polar surface area (TPSA) is 24.1 Å². The van der Waals surface area contributed by atoms with Crippen molar-refractivity contribution < 1.29 is 0 Å². The summed E-state index contributed by atoms with van der Waals surface area (Å²) < 4.78 is 0. The fraction of sp³-hybridized carbons (Fsp3) is 1.00. The molecule has 88 valence electrons. The van der Waals surface area contributed by atoms with Crippen LogP contribution in [0.2, 0.25) is 0 Å². The molecule has 0 aromatic carbocycles. The van der Waals surface area contributed by atoms with Crippen molar-refractivity contribution in [3.63, 3.8) is 0 Å². The van der Waals surface area contributed by atoms with Crippen LogP contribution in [-0.2, 0) is 0 Å². The predicted molar refractivity (Wildman–Crippen MR) is 65.0 cm³/mol. The average Bonchev–Trinajstić information content (AvgIpc) is 2.62. The van der Waals surface area contributed by atoms with E-state index in [0.717, 1.165) is 23.9 Å². The number of piperidine rings is 1. The molecular weight excluding hydrogens is 184 g/mol. The average molecular weight is 210 g/mol. The second-order valence-corrected chi connectivity index (χ2v) is 5.42. The second kappa shape index (κ2) is 5.31. The molecule has 0 spiro atoms. The predicted octanol–water partition coefficient (Wildman–Crippen LogP) is 2.15. The molecule has 2 heteroatoms. The van der Waals surface area contributed by atoms with Gasteiger partial charge in [0.2, 0.25) is 0 Å². The van der Waals surface area contributed by atoms with Gasteiger partial charge in [-0.3, -0.25) is 0 Å². The summed E-state index contributed by atoms with van der Waals surface area (Å²) in [5.41, 5.74) is 0. The summed E-state index contributed by atoms with van der Waals surface area (Å²) in [7, 11) is 0. The first kappa shape index (κ1) is 11.4. The zero-order valence-corrected chi connectivity index (χ0v) is 10.3. The molecule has 1 heterocycles. The highest BCUT2D eigenvalue weighted by molar-refractivity contribution is 4.89. The lowest BCUT2D eigenvalue weighted by Crippen LogP contribution is -2.48. The van der Waals surface area contributed by atoms with E-state index in [9.17, 15) is 0 Å². The Hall–Kier alpha value is -0.0800. The molecule has 0 radical (unpaired) electrons. The molecule has 4 atom stereocenters. The Morgan fingerprint density at radius 2 is 2.13 bits per heavy atom. The molecular formula is C13H26N2. The van der Waals surface area contributed by atoms with E-state index in [1.807, 2.05) is 0 Å². The van der Waals surface area contributed by atoms with Gasteiger partial charge < -0.3 is 10.6 Å². The quantitative estimate of drug-likeness (QED) is 0.746. The number of hydrogen-bond donors (Lipinski definition) is 2. The van der Waals surface area contributed by atoms with Gasteiger partial charge in [-0.2, -0.15) is 0 Å². The summed E-state index contributed by atoms with van der Waals surface area (Å²) in [5, 5.41) is 7.36. The maximum absolute atomic E-state index is 3.87. The third kappa shape index (κ3) is 2.73. The molecule has 1 saturated heterocycles. The first-order chi connectivity index (χ1) is 7.31. The first-order valence-corrected chi connectivity index (χ1v) is 6.78. The molecule has 2 nitrogen and oxygen atoms in total. The van der Waals surface area contributed by atoms with Gasteiger partial charge in [0.15, 0.2) is 0 Å². The van der Waals surface area contributed by atoms with Crippen molar-refractivity contribution in [3.05, 3.63) is 0 Å². The minimum atomic E-state index is 0.738. The first-order valence-electron chi connectivity index (χ1n) is 6.78. The zero-order valence-electron chi connectivity index (χ0n) is 10.3. The monoisotopic (exact) mass is 210 g/mol. The van der Waals surface area contributed by atoms with E-state index in [4.69, 9.17) is 0 Å².